The van der Waals surface area contributed by atoms with Crippen molar-refractivity contribution in [2.24, 2.45) is 4.99 Å². The molecule has 18 heavy (non-hydrogen) atoms. The third kappa shape index (κ3) is 3.74. The molecule has 4 nitrogen and oxygen atoms in total. The van der Waals surface area contributed by atoms with E-state index in [2.05, 4.69) is 4.99 Å². The van der Waals surface area contributed by atoms with E-state index in [1.54, 1.807) is 0 Å². The van der Waals surface area contributed by atoms with Crippen LogP contribution in [0.4, 0.5) is 0 Å². The monoisotopic (exact) mass is 267 g/mol. The van der Waals surface area contributed by atoms with Gasteiger partial charge in [0.15, 0.2) is 5.90 Å². The molecular formula is C13H14ClNO3. The number of aliphatic carboxylic acids is 1. The van der Waals surface area contributed by atoms with E-state index in [1.165, 1.54) is 0 Å². The minimum atomic E-state index is -0.834. The molecule has 1 aromatic carbocycles. The number of nitrogens with zero attached hydrogens (tertiary/aromatic N) is 1. The van der Waals surface area contributed by atoms with Gasteiger partial charge in [-0.15, -0.1) is 0 Å². The normalized spacial score (nSPS) is 18.3. The summed E-state index contributed by atoms with van der Waals surface area (Å²) in [7, 11) is 0. The van der Waals surface area contributed by atoms with Gasteiger partial charge in [-0.2, -0.15) is 0 Å². The third-order valence-corrected chi connectivity index (χ3v) is 2.92. The highest BCUT2D eigenvalue weighted by Gasteiger charge is 2.19. The molecule has 2 rings (SSSR count). The second-order valence-corrected chi connectivity index (χ2v) is 4.65. The van der Waals surface area contributed by atoms with Crippen molar-refractivity contribution in [3.05, 3.63) is 34.9 Å². The summed E-state index contributed by atoms with van der Waals surface area (Å²) in [6.45, 7) is 0.515. The molecule has 5 heteroatoms. The van der Waals surface area contributed by atoms with E-state index >= 15 is 0 Å². The van der Waals surface area contributed by atoms with Crippen LogP contribution >= 0.6 is 11.6 Å². The van der Waals surface area contributed by atoms with Gasteiger partial charge in [0.05, 0.1) is 12.5 Å². The Morgan fingerprint density at radius 3 is 3.11 bits per heavy atom. The molecule has 0 amide bonds. The maximum Gasteiger partial charge on any atom is 0.303 e. The van der Waals surface area contributed by atoms with Gasteiger partial charge in [0.25, 0.3) is 0 Å². The molecule has 1 heterocycles. The Bertz CT molecular complexity index is 473. The van der Waals surface area contributed by atoms with Gasteiger partial charge in [-0.1, -0.05) is 23.7 Å². The minimum Gasteiger partial charge on any atom is -0.481 e. The van der Waals surface area contributed by atoms with E-state index in [-0.39, 0.29) is 12.5 Å². The molecule has 0 spiro atoms. The van der Waals surface area contributed by atoms with Crippen molar-refractivity contribution < 1.29 is 14.6 Å². The van der Waals surface area contributed by atoms with Crippen LogP contribution < -0.4 is 0 Å². The molecule has 0 radical (unpaired) electrons. The number of carboxylic acids is 1. The first-order valence-corrected chi connectivity index (χ1v) is 6.17. The zero-order valence-electron chi connectivity index (χ0n) is 9.80. The molecule has 1 aliphatic heterocycles. The maximum atomic E-state index is 10.4. The number of carbonyl (C=O) groups is 1. The summed E-state index contributed by atoms with van der Waals surface area (Å²) in [4.78, 5) is 14.8. The van der Waals surface area contributed by atoms with Crippen molar-refractivity contribution in [1.29, 1.82) is 0 Å². The molecule has 0 aliphatic carbocycles. The first-order chi connectivity index (χ1) is 8.63. The molecule has 1 atom stereocenters. The van der Waals surface area contributed by atoms with Gasteiger partial charge in [-0.25, -0.2) is 4.99 Å². The van der Waals surface area contributed by atoms with E-state index in [0.717, 1.165) is 12.0 Å². The summed E-state index contributed by atoms with van der Waals surface area (Å²) in [5.41, 5.74) is 1.11. The highest BCUT2D eigenvalue weighted by Crippen LogP contribution is 2.17. The number of hydrogen-bond donors (Lipinski definition) is 1. The smallest absolute Gasteiger partial charge is 0.303 e. The average molecular weight is 268 g/mol. The van der Waals surface area contributed by atoms with Crippen LogP contribution in [0.2, 0.25) is 5.02 Å². The molecule has 0 fully saturated rings. The number of carboxylic acid groups (broad SMARTS) is 1. The lowest BCUT2D eigenvalue weighted by atomic mass is 10.1. The number of aliphatic imine (C=N–C) groups is 1. The number of hydrogen-bond acceptors (Lipinski definition) is 3. The summed E-state index contributed by atoms with van der Waals surface area (Å²) in [5, 5.41) is 9.29. The predicted octanol–water partition coefficient (Wildman–Crippen LogP) is 2.54. The van der Waals surface area contributed by atoms with E-state index < -0.39 is 5.97 Å². The molecule has 0 aromatic heterocycles. The van der Waals surface area contributed by atoms with Crippen molar-refractivity contribution in [2.75, 3.05) is 6.61 Å². The van der Waals surface area contributed by atoms with Gasteiger partial charge in [-0.05, 0) is 24.1 Å². The quantitative estimate of drug-likeness (QED) is 0.892. The molecule has 1 aromatic rings. The standard InChI is InChI=1S/C13H14ClNO3/c14-10-3-1-2-9(6-10)7-11-8-18-12(15-11)4-5-13(16)17/h1-3,6,11H,4-5,7-8H2,(H,16,17). The highest BCUT2D eigenvalue weighted by molar-refractivity contribution is 6.30. The summed E-state index contributed by atoms with van der Waals surface area (Å²) in [5.74, 6) is -0.288. The zero-order chi connectivity index (χ0) is 13.0. The Labute approximate surface area is 110 Å². The first kappa shape index (κ1) is 12.9. The summed E-state index contributed by atoms with van der Waals surface area (Å²) in [6, 6.07) is 7.70. The summed E-state index contributed by atoms with van der Waals surface area (Å²) >= 11 is 5.91. The van der Waals surface area contributed by atoms with Crippen molar-refractivity contribution in [2.45, 2.75) is 25.3 Å². The largest absolute Gasteiger partial charge is 0.481 e. The van der Waals surface area contributed by atoms with E-state index in [9.17, 15) is 4.79 Å². The van der Waals surface area contributed by atoms with Crippen LogP contribution in [0.25, 0.3) is 0 Å². The van der Waals surface area contributed by atoms with Gasteiger partial charge < -0.3 is 9.84 Å². The second kappa shape index (κ2) is 5.87. The fraction of sp³-hybridized carbons (Fsp3) is 0.385. The SMILES string of the molecule is O=C(O)CCC1=NC(Cc2cccc(Cl)c2)CO1. The van der Waals surface area contributed by atoms with Crippen LogP contribution in [0.3, 0.4) is 0 Å². The van der Waals surface area contributed by atoms with Crippen LogP contribution in [0.15, 0.2) is 29.3 Å². The van der Waals surface area contributed by atoms with Crippen LogP contribution in [0, 0.1) is 0 Å². The number of ether oxygens (including phenoxy) is 1. The zero-order valence-corrected chi connectivity index (χ0v) is 10.6. The number of benzene rings is 1. The first-order valence-electron chi connectivity index (χ1n) is 5.79. The average Bonchev–Trinajstić information content (AvgIpc) is 2.74. The second-order valence-electron chi connectivity index (χ2n) is 4.22. The van der Waals surface area contributed by atoms with Crippen molar-refractivity contribution in [1.82, 2.24) is 0 Å². The Morgan fingerprint density at radius 1 is 1.56 bits per heavy atom. The summed E-state index contributed by atoms with van der Waals surface area (Å²) < 4.78 is 5.37. The molecule has 0 saturated heterocycles. The molecule has 0 saturated carbocycles. The Kier molecular flexibility index (Phi) is 4.20. The number of rotatable bonds is 5. The fourth-order valence-electron chi connectivity index (χ4n) is 1.86. The van der Waals surface area contributed by atoms with Gasteiger partial charge in [-0.3, -0.25) is 4.79 Å². The molecule has 1 aliphatic rings. The van der Waals surface area contributed by atoms with Crippen LogP contribution in [-0.4, -0.2) is 29.6 Å². The molecular weight excluding hydrogens is 254 g/mol. The van der Waals surface area contributed by atoms with Gasteiger partial charge in [0.2, 0.25) is 0 Å². The lowest BCUT2D eigenvalue weighted by Crippen LogP contribution is -2.09. The van der Waals surface area contributed by atoms with Gasteiger partial charge in [0.1, 0.15) is 6.61 Å². The molecule has 0 bridgehead atoms. The lowest BCUT2D eigenvalue weighted by Gasteiger charge is -2.05. The topological polar surface area (TPSA) is 58.9 Å². The van der Waals surface area contributed by atoms with E-state index in [1.807, 2.05) is 24.3 Å². The third-order valence-electron chi connectivity index (χ3n) is 2.68. The Hall–Kier alpha value is -1.55. The van der Waals surface area contributed by atoms with Crippen molar-refractivity contribution in [3.8, 4) is 0 Å². The Balaban J connectivity index is 1.90. The highest BCUT2D eigenvalue weighted by atomic mass is 35.5. The molecule has 96 valence electrons. The minimum absolute atomic E-state index is 0.0583. The van der Waals surface area contributed by atoms with E-state index in [0.29, 0.717) is 23.9 Å². The van der Waals surface area contributed by atoms with Crippen LogP contribution in [0.1, 0.15) is 18.4 Å². The van der Waals surface area contributed by atoms with Crippen molar-refractivity contribution in [3.63, 3.8) is 0 Å². The van der Waals surface area contributed by atoms with Crippen LogP contribution in [0.5, 0.6) is 0 Å². The van der Waals surface area contributed by atoms with Crippen molar-refractivity contribution >= 4 is 23.5 Å². The molecule has 1 unspecified atom stereocenters. The number of halogens is 1. The van der Waals surface area contributed by atoms with Gasteiger partial charge in [0, 0.05) is 11.4 Å². The predicted molar refractivity (Wildman–Crippen MR) is 69.2 cm³/mol. The van der Waals surface area contributed by atoms with E-state index in [4.69, 9.17) is 21.4 Å². The molecule has 1 N–H and O–H groups in total. The fourth-order valence-corrected chi connectivity index (χ4v) is 2.07. The Morgan fingerprint density at radius 2 is 2.39 bits per heavy atom. The van der Waals surface area contributed by atoms with Crippen LogP contribution in [-0.2, 0) is 16.0 Å². The summed E-state index contributed by atoms with van der Waals surface area (Å²) in [6.07, 6.45) is 1.18. The lowest BCUT2D eigenvalue weighted by molar-refractivity contribution is -0.136. The van der Waals surface area contributed by atoms with Gasteiger partial charge >= 0.3 is 5.97 Å². The maximum absolute atomic E-state index is 10.4.